The fourth-order valence-electron chi connectivity index (χ4n) is 3.35. The van der Waals surface area contributed by atoms with Crippen LogP contribution in [0.2, 0.25) is 0 Å². The molecule has 1 saturated heterocycles. The van der Waals surface area contributed by atoms with Crippen LogP contribution in [0.4, 0.5) is 5.69 Å². The number of hydrogen-bond acceptors (Lipinski definition) is 4. The summed E-state index contributed by atoms with van der Waals surface area (Å²) in [6.45, 7) is 3.40. The van der Waals surface area contributed by atoms with E-state index in [0.29, 0.717) is 31.1 Å². The van der Waals surface area contributed by atoms with E-state index < -0.39 is 0 Å². The van der Waals surface area contributed by atoms with Crippen molar-refractivity contribution in [2.24, 2.45) is 5.92 Å². The average molecular weight is 409 g/mol. The Morgan fingerprint density at radius 1 is 1.10 bits per heavy atom. The zero-order valence-electron chi connectivity index (χ0n) is 17.1. The number of anilines is 1. The number of rotatable bonds is 9. The van der Waals surface area contributed by atoms with Crippen LogP contribution >= 0.6 is 0 Å². The molecule has 1 atom stereocenters. The van der Waals surface area contributed by atoms with Crippen molar-refractivity contribution < 1.29 is 19.1 Å². The van der Waals surface area contributed by atoms with Gasteiger partial charge in [0, 0.05) is 31.7 Å². The summed E-state index contributed by atoms with van der Waals surface area (Å²) >= 11 is 0. The molecular weight excluding hydrogens is 382 g/mol. The molecule has 3 rings (SSSR count). The van der Waals surface area contributed by atoms with Crippen LogP contribution in [0, 0.1) is 5.92 Å². The second kappa shape index (κ2) is 10.4. The monoisotopic (exact) mass is 409 g/mol. The first-order chi connectivity index (χ1) is 14.5. The van der Waals surface area contributed by atoms with Crippen molar-refractivity contribution in [3.05, 3.63) is 60.2 Å². The maximum atomic E-state index is 12.6. The van der Waals surface area contributed by atoms with Crippen molar-refractivity contribution in [3.63, 3.8) is 0 Å². The van der Waals surface area contributed by atoms with Gasteiger partial charge < -0.3 is 20.3 Å². The summed E-state index contributed by atoms with van der Waals surface area (Å²) in [7, 11) is 0. The molecule has 0 aromatic heterocycles. The molecule has 0 saturated carbocycles. The van der Waals surface area contributed by atoms with Gasteiger partial charge in [0.25, 0.3) is 5.91 Å². The van der Waals surface area contributed by atoms with Gasteiger partial charge in [-0.15, -0.1) is 0 Å². The third kappa shape index (κ3) is 6.07. The van der Waals surface area contributed by atoms with E-state index in [-0.39, 0.29) is 36.7 Å². The van der Waals surface area contributed by atoms with Crippen LogP contribution in [0.5, 0.6) is 5.75 Å². The van der Waals surface area contributed by atoms with E-state index in [2.05, 4.69) is 10.6 Å². The summed E-state index contributed by atoms with van der Waals surface area (Å²) in [6.07, 6.45) is 1.01. The highest BCUT2D eigenvalue weighted by Gasteiger charge is 2.34. The minimum Gasteiger partial charge on any atom is -0.484 e. The quantitative estimate of drug-likeness (QED) is 0.665. The predicted octanol–water partition coefficient (Wildman–Crippen LogP) is 2.23. The Morgan fingerprint density at radius 3 is 2.53 bits per heavy atom. The summed E-state index contributed by atoms with van der Waals surface area (Å²) in [4.78, 5) is 38.0. The number of likely N-dealkylation sites (N-methyl/N-ethyl adjacent to an activating group) is 1. The van der Waals surface area contributed by atoms with Crippen molar-refractivity contribution in [3.8, 4) is 5.75 Å². The number of amides is 3. The van der Waals surface area contributed by atoms with Gasteiger partial charge in [-0.2, -0.15) is 0 Å². The predicted molar refractivity (Wildman–Crippen MR) is 114 cm³/mol. The van der Waals surface area contributed by atoms with Crippen molar-refractivity contribution in [2.75, 3.05) is 31.6 Å². The summed E-state index contributed by atoms with van der Waals surface area (Å²) in [6, 6.07) is 16.8. The average Bonchev–Trinajstić information content (AvgIpc) is 3.13. The molecule has 1 aliphatic heterocycles. The summed E-state index contributed by atoms with van der Waals surface area (Å²) in [5.41, 5.74) is 1.80. The van der Waals surface area contributed by atoms with Gasteiger partial charge in [-0.05, 0) is 43.2 Å². The molecule has 0 radical (unpaired) electrons. The van der Waals surface area contributed by atoms with Gasteiger partial charge in [-0.25, -0.2) is 0 Å². The first-order valence-electron chi connectivity index (χ1n) is 10.2. The van der Waals surface area contributed by atoms with Gasteiger partial charge in [0.15, 0.2) is 6.61 Å². The van der Waals surface area contributed by atoms with Crippen LogP contribution in [0.1, 0.15) is 18.9 Å². The molecule has 0 spiro atoms. The largest absolute Gasteiger partial charge is 0.484 e. The van der Waals surface area contributed by atoms with Crippen molar-refractivity contribution in [2.45, 2.75) is 19.8 Å². The number of carbonyl (C=O) groups is 3. The normalized spacial score (nSPS) is 15.7. The third-order valence-electron chi connectivity index (χ3n) is 4.96. The fourth-order valence-corrected chi connectivity index (χ4v) is 3.35. The van der Waals surface area contributed by atoms with Crippen LogP contribution in [0.15, 0.2) is 54.6 Å². The number of hydrogen-bond donors (Lipinski definition) is 2. The van der Waals surface area contributed by atoms with E-state index in [1.165, 1.54) is 5.56 Å². The van der Waals surface area contributed by atoms with E-state index in [4.69, 9.17) is 4.74 Å². The summed E-state index contributed by atoms with van der Waals surface area (Å²) in [5.74, 6) is -0.149. The molecule has 7 heteroatoms. The Balaban J connectivity index is 1.46. The molecule has 2 N–H and O–H groups in total. The maximum Gasteiger partial charge on any atom is 0.257 e. The highest BCUT2D eigenvalue weighted by Crippen LogP contribution is 2.21. The molecule has 3 amide bonds. The first kappa shape index (κ1) is 21.4. The van der Waals surface area contributed by atoms with E-state index in [1.807, 2.05) is 37.3 Å². The minimum atomic E-state index is -0.359. The molecule has 0 bridgehead atoms. The smallest absolute Gasteiger partial charge is 0.257 e. The molecule has 1 heterocycles. The maximum absolute atomic E-state index is 12.6. The molecule has 2 aromatic rings. The highest BCUT2D eigenvalue weighted by atomic mass is 16.5. The Labute approximate surface area is 176 Å². The zero-order valence-corrected chi connectivity index (χ0v) is 17.1. The standard InChI is InChI=1S/C23H27N3O4/c1-2-24-21(27)16-30-20-10-8-19(9-11-20)25-23(29)18-14-22(28)26(15-18)13-12-17-6-4-3-5-7-17/h3-11,18H,2,12-16H2,1H3,(H,24,27)(H,25,29). The summed E-state index contributed by atoms with van der Waals surface area (Å²) < 4.78 is 5.40. The molecule has 7 nitrogen and oxygen atoms in total. The van der Waals surface area contributed by atoms with Crippen molar-refractivity contribution in [1.29, 1.82) is 0 Å². The van der Waals surface area contributed by atoms with Gasteiger partial charge in [0.05, 0.1) is 5.92 Å². The lowest BCUT2D eigenvalue weighted by atomic mass is 10.1. The minimum absolute atomic E-state index is 0.0141. The SMILES string of the molecule is CCNC(=O)COc1ccc(NC(=O)C2CC(=O)N(CCc3ccccc3)C2)cc1. The number of nitrogens with one attached hydrogen (secondary N) is 2. The molecule has 1 fully saturated rings. The van der Waals surface area contributed by atoms with Gasteiger partial charge >= 0.3 is 0 Å². The molecular formula is C23H27N3O4. The van der Waals surface area contributed by atoms with Gasteiger partial charge in [-0.1, -0.05) is 30.3 Å². The summed E-state index contributed by atoms with van der Waals surface area (Å²) in [5, 5.41) is 5.52. The van der Waals surface area contributed by atoms with E-state index in [1.54, 1.807) is 29.2 Å². The number of benzene rings is 2. The van der Waals surface area contributed by atoms with Gasteiger partial charge in [-0.3, -0.25) is 14.4 Å². The van der Waals surface area contributed by atoms with E-state index in [0.717, 1.165) is 6.42 Å². The Bertz CT molecular complexity index is 868. The second-order valence-corrected chi connectivity index (χ2v) is 7.23. The van der Waals surface area contributed by atoms with E-state index in [9.17, 15) is 14.4 Å². The lowest BCUT2D eigenvalue weighted by Crippen LogP contribution is -2.30. The van der Waals surface area contributed by atoms with Crippen LogP contribution in [-0.4, -0.2) is 48.9 Å². The van der Waals surface area contributed by atoms with Crippen molar-refractivity contribution >= 4 is 23.4 Å². The van der Waals surface area contributed by atoms with Crippen molar-refractivity contribution in [1.82, 2.24) is 10.2 Å². The number of nitrogens with zero attached hydrogens (tertiary/aromatic N) is 1. The zero-order chi connectivity index (χ0) is 21.3. The molecule has 0 aliphatic carbocycles. The topological polar surface area (TPSA) is 87.7 Å². The number of ether oxygens (including phenoxy) is 1. The third-order valence-corrected chi connectivity index (χ3v) is 4.96. The highest BCUT2D eigenvalue weighted by molar-refractivity contribution is 5.97. The van der Waals surface area contributed by atoms with E-state index >= 15 is 0 Å². The molecule has 30 heavy (non-hydrogen) atoms. The Hall–Kier alpha value is -3.35. The fraction of sp³-hybridized carbons (Fsp3) is 0.348. The van der Waals surface area contributed by atoms with Crippen LogP contribution in [-0.2, 0) is 20.8 Å². The van der Waals surface area contributed by atoms with Gasteiger partial charge in [0.1, 0.15) is 5.75 Å². The number of carbonyl (C=O) groups excluding carboxylic acids is 3. The Morgan fingerprint density at radius 2 is 1.83 bits per heavy atom. The lowest BCUT2D eigenvalue weighted by Gasteiger charge is -2.16. The second-order valence-electron chi connectivity index (χ2n) is 7.23. The molecule has 158 valence electrons. The van der Waals surface area contributed by atoms with Crippen LogP contribution < -0.4 is 15.4 Å². The van der Waals surface area contributed by atoms with Crippen LogP contribution in [0.25, 0.3) is 0 Å². The van der Waals surface area contributed by atoms with Crippen LogP contribution in [0.3, 0.4) is 0 Å². The molecule has 1 unspecified atom stereocenters. The molecule has 1 aliphatic rings. The number of likely N-dealkylation sites (tertiary alicyclic amines) is 1. The molecule has 2 aromatic carbocycles. The Kier molecular flexibility index (Phi) is 7.43. The lowest BCUT2D eigenvalue weighted by molar-refractivity contribution is -0.128. The van der Waals surface area contributed by atoms with Gasteiger partial charge in [0.2, 0.25) is 11.8 Å². The first-order valence-corrected chi connectivity index (χ1v) is 10.2.